The fourth-order valence-corrected chi connectivity index (χ4v) is 0.551. The third-order valence-electron chi connectivity index (χ3n) is 0.868. The summed E-state index contributed by atoms with van der Waals surface area (Å²) in [6, 6.07) is 0. The zero-order valence-corrected chi connectivity index (χ0v) is 5.38. The van der Waals surface area contributed by atoms with E-state index in [1.807, 2.05) is 0 Å². The van der Waals surface area contributed by atoms with Crippen LogP contribution in [0.1, 0.15) is 10.9 Å². The number of aldehydes is 1. The van der Waals surface area contributed by atoms with Crippen LogP contribution in [0.5, 0.6) is 0 Å². The van der Waals surface area contributed by atoms with Crippen LogP contribution in [0.15, 0.2) is 6.20 Å². The van der Waals surface area contributed by atoms with Crippen LogP contribution < -0.4 is 0 Å². The summed E-state index contributed by atoms with van der Waals surface area (Å²) in [6.07, 6.45) is 2.23. The molecule has 1 aromatic rings. The number of nitrogens with zero attached hydrogens (tertiary/aromatic N) is 2. The zero-order valence-electron chi connectivity index (χ0n) is 4.48. The Labute approximate surface area is 57.1 Å². The number of carbonyl (C=O) groups excluding carboxylic acids is 1. The lowest BCUT2D eigenvalue weighted by Crippen LogP contribution is -1.90. The predicted molar refractivity (Wildman–Crippen MR) is 34.2 cm³/mol. The van der Waals surface area contributed by atoms with E-state index in [1.165, 1.54) is 6.20 Å². The van der Waals surface area contributed by atoms with Crippen molar-refractivity contribution in [1.29, 1.82) is 0 Å². The molecule has 0 radical (unpaired) electrons. The molecule has 0 aliphatic carbocycles. The van der Waals surface area contributed by atoms with Crippen LogP contribution in [0.4, 0.5) is 0 Å². The summed E-state index contributed by atoms with van der Waals surface area (Å²) in [5, 5.41) is 9.00. The van der Waals surface area contributed by atoms with E-state index in [-0.39, 0.29) is 0 Å². The first-order chi connectivity index (χ1) is 4.34. The topological polar surface area (TPSA) is 58.6 Å². The summed E-state index contributed by atoms with van der Waals surface area (Å²) >= 11 is 3.90. The van der Waals surface area contributed by atoms with Gasteiger partial charge in [0.1, 0.15) is 17.2 Å². The molecule has 0 spiro atoms. The molecule has 0 fully saturated rings. The number of nitrogens with one attached hydrogen (secondary N) is 1. The van der Waals surface area contributed by atoms with Gasteiger partial charge in [0, 0.05) is 6.20 Å². The molecule has 1 aromatic heterocycles. The van der Waals surface area contributed by atoms with Gasteiger partial charge in [0.15, 0.2) is 0 Å². The van der Waals surface area contributed by atoms with E-state index in [0.717, 1.165) is 0 Å². The molecule has 1 atom stereocenters. The average Bonchev–Trinajstić information content (AvgIpc) is 2.37. The molecule has 1 N–H and O–H groups in total. The van der Waals surface area contributed by atoms with Crippen molar-refractivity contribution in [2.75, 3.05) is 0 Å². The third-order valence-corrected chi connectivity index (χ3v) is 1.25. The summed E-state index contributed by atoms with van der Waals surface area (Å²) in [5.74, 6) is 0. The Kier molecular flexibility index (Phi) is 1.84. The SMILES string of the molecule is O=CC(S)c1c[nH]nn1. The highest BCUT2D eigenvalue weighted by atomic mass is 32.1. The van der Waals surface area contributed by atoms with Crippen LogP contribution in [0.3, 0.4) is 0 Å². The van der Waals surface area contributed by atoms with Crippen LogP contribution >= 0.6 is 12.6 Å². The van der Waals surface area contributed by atoms with Crippen molar-refractivity contribution in [3.8, 4) is 0 Å². The smallest absolute Gasteiger partial charge is 0.138 e. The maximum absolute atomic E-state index is 10.0. The molecule has 1 rings (SSSR count). The maximum atomic E-state index is 10.0. The van der Waals surface area contributed by atoms with Crippen LogP contribution in [-0.2, 0) is 4.79 Å². The molecule has 0 bridgehead atoms. The Balaban J connectivity index is 2.76. The number of hydrogen-bond donors (Lipinski definition) is 2. The Morgan fingerprint density at radius 2 is 2.67 bits per heavy atom. The second-order valence-corrected chi connectivity index (χ2v) is 2.04. The lowest BCUT2D eigenvalue weighted by Gasteiger charge is -1.90. The number of hydrogen-bond acceptors (Lipinski definition) is 4. The normalized spacial score (nSPS) is 13.0. The molecule has 1 heterocycles. The molecule has 0 aliphatic heterocycles. The average molecular weight is 143 g/mol. The first kappa shape index (κ1) is 6.28. The van der Waals surface area contributed by atoms with Crippen LogP contribution in [0.2, 0.25) is 0 Å². The number of aromatic nitrogens is 3. The number of thiol groups is 1. The summed E-state index contributed by atoms with van der Waals surface area (Å²) in [5.41, 5.74) is 0.549. The van der Waals surface area contributed by atoms with Gasteiger partial charge in [-0.05, 0) is 0 Å². The van der Waals surface area contributed by atoms with Gasteiger partial charge >= 0.3 is 0 Å². The fraction of sp³-hybridized carbons (Fsp3) is 0.250. The van der Waals surface area contributed by atoms with E-state index >= 15 is 0 Å². The van der Waals surface area contributed by atoms with Gasteiger partial charge in [0.2, 0.25) is 0 Å². The standard InChI is InChI=1S/C4H5N3OS/c8-2-4(9)3-1-5-7-6-3/h1-2,4,9H,(H,5,6,7). The monoisotopic (exact) mass is 143 g/mol. The summed E-state index contributed by atoms with van der Waals surface area (Å²) < 4.78 is 0. The highest BCUT2D eigenvalue weighted by molar-refractivity contribution is 7.81. The molecule has 0 amide bonds. The molecule has 48 valence electrons. The number of rotatable bonds is 2. The van der Waals surface area contributed by atoms with E-state index < -0.39 is 5.25 Å². The van der Waals surface area contributed by atoms with Gasteiger partial charge in [-0.15, -0.1) is 5.10 Å². The lowest BCUT2D eigenvalue weighted by atomic mass is 10.4. The van der Waals surface area contributed by atoms with E-state index in [9.17, 15) is 4.79 Å². The van der Waals surface area contributed by atoms with E-state index in [2.05, 4.69) is 28.0 Å². The zero-order chi connectivity index (χ0) is 6.69. The first-order valence-corrected chi connectivity index (χ1v) is 2.86. The number of H-pyrrole nitrogens is 1. The van der Waals surface area contributed by atoms with Crippen molar-refractivity contribution in [1.82, 2.24) is 15.4 Å². The van der Waals surface area contributed by atoms with Crippen LogP contribution in [0.25, 0.3) is 0 Å². The van der Waals surface area contributed by atoms with E-state index in [0.29, 0.717) is 12.0 Å². The molecule has 0 saturated heterocycles. The minimum Gasteiger partial charge on any atom is -0.302 e. The summed E-state index contributed by atoms with van der Waals surface area (Å²) in [6.45, 7) is 0. The summed E-state index contributed by atoms with van der Waals surface area (Å²) in [7, 11) is 0. The number of carbonyl (C=O) groups is 1. The van der Waals surface area contributed by atoms with Gasteiger partial charge in [-0.1, -0.05) is 5.21 Å². The van der Waals surface area contributed by atoms with Gasteiger partial charge in [-0.2, -0.15) is 12.6 Å². The Morgan fingerprint density at radius 1 is 1.89 bits per heavy atom. The Bertz CT molecular complexity index is 186. The minimum absolute atomic E-state index is 0.455. The molecule has 4 nitrogen and oxygen atoms in total. The molecule has 9 heavy (non-hydrogen) atoms. The second-order valence-electron chi connectivity index (χ2n) is 1.48. The quantitative estimate of drug-likeness (QED) is 0.451. The molecular weight excluding hydrogens is 138 g/mol. The minimum atomic E-state index is -0.455. The largest absolute Gasteiger partial charge is 0.302 e. The second kappa shape index (κ2) is 2.63. The first-order valence-electron chi connectivity index (χ1n) is 2.34. The molecule has 0 aromatic carbocycles. The number of aromatic amines is 1. The van der Waals surface area contributed by atoms with Gasteiger partial charge in [0.05, 0.1) is 0 Å². The molecular formula is C4H5N3OS. The van der Waals surface area contributed by atoms with Crippen molar-refractivity contribution < 1.29 is 4.79 Å². The van der Waals surface area contributed by atoms with Crippen molar-refractivity contribution in [2.45, 2.75) is 5.25 Å². The molecule has 5 heteroatoms. The third kappa shape index (κ3) is 1.29. The Hall–Kier alpha value is -0.840. The molecule has 0 saturated carbocycles. The van der Waals surface area contributed by atoms with Gasteiger partial charge in [0.25, 0.3) is 0 Å². The highest BCUT2D eigenvalue weighted by Gasteiger charge is 2.05. The molecule has 1 unspecified atom stereocenters. The van der Waals surface area contributed by atoms with Gasteiger partial charge in [-0.25, -0.2) is 0 Å². The van der Waals surface area contributed by atoms with Gasteiger partial charge < -0.3 is 4.79 Å². The van der Waals surface area contributed by atoms with E-state index in [1.54, 1.807) is 0 Å². The van der Waals surface area contributed by atoms with E-state index in [4.69, 9.17) is 0 Å². The van der Waals surface area contributed by atoms with Crippen molar-refractivity contribution >= 4 is 18.9 Å². The molecule has 0 aliphatic rings. The summed E-state index contributed by atoms with van der Waals surface area (Å²) in [4.78, 5) is 10.0. The van der Waals surface area contributed by atoms with Crippen molar-refractivity contribution in [3.63, 3.8) is 0 Å². The maximum Gasteiger partial charge on any atom is 0.138 e. The lowest BCUT2D eigenvalue weighted by molar-refractivity contribution is -0.107. The highest BCUT2D eigenvalue weighted by Crippen LogP contribution is 2.11. The fourth-order valence-electron chi connectivity index (χ4n) is 0.425. The van der Waals surface area contributed by atoms with Crippen LogP contribution in [-0.4, -0.2) is 21.7 Å². The van der Waals surface area contributed by atoms with Crippen LogP contribution in [0, 0.1) is 0 Å². The van der Waals surface area contributed by atoms with Gasteiger partial charge in [-0.3, -0.25) is 5.10 Å². The van der Waals surface area contributed by atoms with Crippen molar-refractivity contribution in [2.24, 2.45) is 0 Å². The van der Waals surface area contributed by atoms with Crippen molar-refractivity contribution in [3.05, 3.63) is 11.9 Å². The predicted octanol–water partition coefficient (Wildman–Crippen LogP) is -0.0255. The Morgan fingerprint density at radius 3 is 3.11 bits per heavy atom.